The lowest BCUT2D eigenvalue weighted by atomic mass is 9.95. The fourth-order valence-corrected chi connectivity index (χ4v) is 0.803. The van der Waals surface area contributed by atoms with Crippen molar-refractivity contribution in [2.45, 2.75) is 27.3 Å². The molecule has 0 saturated carbocycles. The number of rotatable bonds is 2. The first-order valence-corrected chi connectivity index (χ1v) is 4.33. The van der Waals surface area contributed by atoms with Crippen molar-refractivity contribution < 1.29 is 4.42 Å². The molecule has 0 aliphatic heterocycles. The van der Waals surface area contributed by atoms with Gasteiger partial charge < -0.3 is 10.2 Å². The Morgan fingerprint density at radius 1 is 1.54 bits per heavy atom. The van der Waals surface area contributed by atoms with E-state index in [1.165, 1.54) is 0 Å². The second-order valence-corrected chi connectivity index (χ2v) is 4.03. The highest BCUT2D eigenvalue weighted by atomic mass is 16.3. The summed E-state index contributed by atoms with van der Waals surface area (Å²) >= 11 is 0. The number of amidine groups is 1. The SMILES string of the molecule is CC(C)(C)C(N)=NCc1ccco1. The average Bonchev–Trinajstić information content (AvgIpc) is 2.50. The molecule has 13 heavy (non-hydrogen) atoms. The zero-order valence-electron chi connectivity index (χ0n) is 8.37. The van der Waals surface area contributed by atoms with Crippen LogP contribution in [0.3, 0.4) is 0 Å². The standard InChI is InChI=1S/C10H16N2O/c1-10(2,3)9(11)12-7-8-5-4-6-13-8/h4-6H,7H2,1-3H3,(H2,11,12). The van der Waals surface area contributed by atoms with Gasteiger partial charge in [-0.05, 0) is 12.1 Å². The number of nitrogens with zero attached hydrogens (tertiary/aromatic N) is 1. The zero-order chi connectivity index (χ0) is 9.90. The molecule has 1 heterocycles. The molecule has 72 valence electrons. The third kappa shape index (κ3) is 2.93. The Kier molecular flexibility index (Phi) is 2.76. The quantitative estimate of drug-likeness (QED) is 0.560. The third-order valence-corrected chi connectivity index (χ3v) is 1.75. The highest BCUT2D eigenvalue weighted by molar-refractivity contribution is 5.85. The van der Waals surface area contributed by atoms with Crippen LogP contribution in [-0.4, -0.2) is 5.84 Å². The lowest BCUT2D eigenvalue weighted by molar-refractivity contribution is 0.509. The van der Waals surface area contributed by atoms with Gasteiger partial charge in [-0.25, -0.2) is 0 Å². The van der Waals surface area contributed by atoms with E-state index >= 15 is 0 Å². The minimum Gasteiger partial charge on any atom is -0.467 e. The van der Waals surface area contributed by atoms with Gasteiger partial charge in [0.2, 0.25) is 0 Å². The van der Waals surface area contributed by atoms with Crippen molar-refractivity contribution in [2.75, 3.05) is 0 Å². The van der Waals surface area contributed by atoms with Gasteiger partial charge in [0, 0.05) is 5.41 Å². The highest BCUT2D eigenvalue weighted by Crippen LogP contribution is 2.13. The monoisotopic (exact) mass is 180 g/mol. The molecule has 3 nitrogen and oxygen atoms in total. The van der Waals surface area contributed by atoms with Gasteiger partial charge in [-0.2, -0.15) is 0 Å². The van der Waals surface area contributed by atoms with Crippen LogP contribution in [0.15, 0.2) is 27.8 Å². The van der Waals surface area contributed by atoms with Crippen LogP contribution in [0.2, 0.25) is 0 Å². The van der Waals surface area contributed by atoms with E-state index in [2.05, 4.69) is 4.99 Å². The van der Waals surface area contributed by atoms with E-state index in [9.17, 15) is 0 Å². The molecule has 0 aliphatic carbocycles. The Morgan fingerprint density at radius 3 is 2.69 bits per heavy atom. The molecule has 1 rings (SSSR count). The third-order valence-electron chi connectivity index (χ3n) is 1.75. The van der Waals surface area contributed by atoms with E-state index in [4.69, 9.17) is 10.2 Å². The van der Waals surface area contributed by atoms with Gasteiger partial charge in [0.25, 0.3) is 0 Å². The summed E-state index contributed by atoms with van der Waals surface area (Å²) in [5, 5.41) is 0. The van der Waals surface area contributed by atoms with Gasteiger partial charge in [-0.1, -0.05) is 20.8 Å². The second kappa shape index (κ2) is 3.64. The maximum absolute atomic E-state index is 5.78. The van der Waals surface area contributed by atoms with Gasteiger partial charge >= 0.3 is 0 Å². The molecular weight excluding hydrogens is 164 g/mol. The average molecular weight is 180 g/mol. The van der Waals surface area contributed by atoms with Crippen molar-refractivity contribution in [1.82, 2.24) is 0 Å². The van der Waals surface area contributed by atoms with Gasteiger partial charge in [0.1, 0.15) is 5.76 Å². The maximum atomic E-state index is 5.78. The summed E-state index contributed by atoms with van der Waals surface area (Å²) < 4.78 is 5.13. The first-order valence-electron chi connectivity index (χ1n) is 4.33. The van der Waals surface area contributed by atoms with Crippen LogP contribution in [0, 0.1) is 5.41 Å². The van der Waals surface area contributed by atoms with Gasteiger partial charge in [0.15, 0.2) is 0 Å². The van der Waals surface area contributed by atoms with Crippen molar-refractivity contribution >= 4 is 5.84 Å². The van der Waals surface area contributed by atoms with E-state index in [-0.39, 0.29) is 5.41 Å². The van der Waals surface area contributed by atoms with Crippen LogP contribution < -0.4 is 5.73 Å². The molecule has 1 aromatic heterocycles. The molecule has 0 aliphatic rings. The summed E-state index contributed by atoms with van der Waals surface area (Å²) in [7, 11) is 0. The Hall–Kier alpha value is -1.25. The number of furan rings is 1. The van der Waals surface area contributed by atoms with Crippen molar-refractivity contribution in [3.63, 3.8) is 0 Å². The number of nitrogens with two attached hydrogens (primary N) is 1. The summed E-state index contributed by atoms with van der Waals surface area (Å²) in [6, 6.07) is 3.73. The Balaban J connectivity index is 2.59. The largest absolute Gasteiger partial charge is 0.467 e. The fourth-order valence-electron chi connectivity index (χ4n) is 0.803. The van der Waals surface area contributed by atoms with E-state index in [1.54, 1.807) is 6.26 Å². The van der Waals surface area contributed by atoms with Gasteiger partial charge in [0.05, 0.1) is 18.6 Å². The van der Waals surface area contributed by atoms with Crippen LogP contribution in [-0.2, 0) is 6.54 Å². The fraction of sp³-hybridized carbons (Fsp3) is 0.500. The lowest BCUT2D eigenvalue weighted by Crippen LogP contribution is -2.28. The molecule has 0 radical (unpaired) electrons. The molecule has 0 spiro atoms. The van der Waals surface area contributed by atoms with Crippen molar-refractivity contribution in [1.29, 1.82) is 0 Å². The second-order valence-electron chi connectivity index (χ2n) is 4.03. The van der Waals surface area contributed by atoms with E-state index in [0.717, 1.165) is 5.76 Å². The molecule has 0 fully saturated rings. The van der Waals surface area contributed by atoms with Crippen molar-refractivity contribution in [2.24, 2.45) is 16.1 Å². The van der Waals surface area contributed by atoms with Gasteiger partial charge in [-0.3, -0.25) is 4.99 Å². The molecule has 0 amide bonds. The zero-order valence-corrected chi connectivity index (χ0v) is 8.37. The van der Waals surface area contributed by atoms with E-state index < -0.39 is 0 Å². The Morgan fingerprint density at radius 2 is 2.23 bits per heavy atom. The Bertz CT molecular complexity index is 280. The van der Waals surface area contributed by atoms with Crippen LogP contribution in [0.4, 0.5) is 0 Å². The van der Waals surface area contributed by atoms with Crippen LogP contribution in [0.5, 0.6) is 0 Å². The minimum atomic E-state index is -0.0629. The van der Waals surface area contributed by atoms with Crippen LogP contribution >= 0.6 is 0 Å². The summed E-state index contributed by atoms with van der Waals surface area (Å²) in [6.07, 6.45) is 1.64. The molecule has 0 unspecified atom stereocenters. The van der Waals surface area contributed by atoms with Crippen molar-refractivity contribution in [3.8, 4) is 0 Å². The predicted molar refractivity (Wildman–Crippen MR) is 53.5 cm³/mol. The molecule has 0 saturated heterocycles. The smallest absolute Gasteiger partial charge is 0.125 e. The first-order chi connectivity index (χ1) is 6.00. The van der Waals surface area contributed by atoms with E-state index in [1.807, 2.05) is 32.9 Å². The molecule has 2 N–H and O–H groups in total. The molecule has 0 aromatic carbocycles. The van der Waals surface area contributed by atoms with Crippen LogP contribution in [0.25, 0.3) is 0 Å². The predicted octanol–water partition coefficient (Wildman–Crippen LogP) is 2.18. The van der Waals surface area contributed by atoms with Crippen molar-refractivity contribution in [3.05, 3.63) is 24.2 Å². The highest BCUT2D eigenvalue weighted by Gasteiger charge is 2.14. The van der Waals surface area contributed by atoms with E-state index in [0.29, 0.717) is 12.4 Å². The number of hydrogen-bond acceptors (Lipinski definition) is 2. The van der Waals surface area contributed by atoms with Crippen LogP contribution in [0.1, 0.15) is 26.5 Å². The Labute approximate surface area is 78.7 Å². The normalized spacial score (nSPS) is 13.3. The molecule has 1 aromatic rings. The molecule has 0 bridgehead atoms. The number of aliphatic imine (C=N–C) groups is 1. The van der Waals surface area contributed by atoms with Gasteiger partial charge in [-0.15, -0.1) is 0 Å². The minimum absolute atomic E-state index is 0.0629. The lowest BCUT2D eigenvalue weighted by Gasteiger charge is -2.16. The maximum Gasteiger partial charge on any atom is 0.125 e. The number of hydrogen-bond donors (Lipinski definition) is 1. The molecule has 0 atom stereocenters. The first kappa shape index (κ1) is 9.84. The summed E-state index contributed by atoms with van der Waals surface area (Å²) in [5.74, 6) is 1.50. The molecular formula is C10H16N2O. The summed E-state index contributed by atoms with van der Waals surface area (Å²) in [6.45, 7) is 6.63. The topological polar surface area (TPSA) is 51.5 Å². The summed E-state index contributed by atoms with van der Waals surface area (Å²) in [4.78, 5) is 4.24. The summed E-state index contributed by atoms with van der Waals surface area (Å²) in [5.41, 5.74) is 5.71. The molecule has 3 heteroatoms.